The molecule has 0 aliphatic rings. The number of rotatable bonds is 3. The maximum Gasteiger partial charge on any atom is 0.347 e. The molecule has 2 aromatic carbocycles. The van der Waals surface area contributed by atoms with E-state index in [9.17, 15) is 19.7 Å². The molecule has 9 heteroatoms. The minimum atomic E-state index is -0.739. The van der Waals surface area contributed by atoms with Crippen molar-refractivity contribution < 1.29 is 18.9 Å². The van der Waals surface area contributed by atoms with Crippen LogP contribution in [-0.4, -0.2) is 15.9 Å². The number of nitro groups is 1. The molecule has 8 nitrogen and oxygen atoms in total. The Labute approximate surface area is 144 Å². The largest absolute Gasteiger partial charge is 0.427 e. The van der Waals surface area contributed by atoms with Crippen molar-refractivity contribution >= 4 is 34.2 Å². The summed E-state index contributed by atoms with van der Waals surface area (Å²) < 4.78 is 10.0. The van der Waals surface area contributed by atoms with Gasteiger partial charge >= 0.3 is 11.6 Å². The van der Waals surface area contributed by atoms with Crippen LogP contribution in [0.4, 0.5) is 5.69 Å². The number of ether oxygens (including phenoxy) is 1. The predicted octanol–water partition coefficient (Wildman–Crippen LogP) is 3.34. The van der Waals surface area contributed by atoms with Crippen LogP contribution in [0.15, 0.2) is 45.6 Å². The molecule has 25 heavy (non-hydrogen) atoms. The van der Waals surface area contributed by atoms with E-state index in [0.29, 0.717) is 0 Å². The number of non-ortho nitro benzene ring substituents is 1. The second-order valence-electron chi connectivity index (χ2n) is 5.00. The molecule has 0 saturated heterocycles. The van der Waals surface area contributed by atoms with E-state index in [1.165, 1.54) is 43.3 Å². The fourth-order valence-electron chi connectivity index (χ4n) is 2.19. The summed E-state index contributed by atoms with van der Waals surface area (Å²) in [7, 11) is 0. The van der Waals surface area contributed by atoms with Crippen LogP contribution < -0.4 is 10.4 Å². The van der Waals surface area contributed by atoms with Crippen molar-refractivity contribution in [2.24, 2.45) is 0 Å². The number of carbonyl (C=O) groups excluding carboxylic acids is 1. The van der Waals surface area contributed by atoms with Gasteiger partial charge in [-0.1, -0.05) is 11.6 Å². The predicted molar refractivity (Wildman–Crippen MR) is 88.7 cm³/mol. The lowest BCUT2D eigenvalue weighted by Crippen LogP contribution is -2.05. The van der Waals surface area contributed by atoms with Crippen molar-refractivity contribution in [3.05, 3.63) is 62.0 Å². The average molecular weight is 361 g/mol. The van der Waals surface area contributed by atoms with Gasteiger partial charge in [-0.05, 0) is 24.3 Å². The van der Waals surface area contributed by atoms with Gasteiger partial charge in [0.1, 0.15) is 5.75 Å². The summed E-state index contributed by atoms with van der Waals surface area (Å²) >= 11 is 6.04. The maximum atomic E-state index is 12.2. The number of halogens is 1. The average Bonchev–Trinajstić information content (AvgIpc) is 2.55. The fourth-order valence-corrected chi connectivity index (χ4v) is 2.38. The van der Waals surface area contributed by atoms with Crippen molar-refractivity contribution in [1.29, 1.82) is 0 Å². The SMILES string of the molecule is CC(=O)Oc1ccc2nc(-c3cc([N+](=O)[O-])ccc3Cl)oc(=O)c2c1. The van der Waals surface area contributed by atoms with Crippen LogP contribution >= 0.6 is 11.6 Å². The lowest BCUT2D eigenvalue weighted by Gasteiger charge is -2.05. The van der Waals surface area contributed by atoms with Crippen LogP contribution in [0.2, 0.25) is 5.02 Å². The number of esters is 1. The molecule has 126 valence electrons. The Balaban J connectivity index is 2.16. The molecule has 0 N–H and O–H groups in total. The first-order chi connectivity index (χ1) is 11.8. The molecule has 0 amide bonds. The molecule has 0 bridgehead atoms. The Morgan fingerprint density at radius 1 is 1.28 bits per heavy atom. The van der Waals surface area contributed by atoms with E-state index in [1.807, 2.05) is 0 Å². The summed E-state index contributed by atoms with van der Waals surface area (Å²) in [6.07, 6.45) is 0. The third-order valence-corrected chi connectivity index (χ3v) is 3.58. The third kappa shape index (κ3) is 3.33. The zero-order valence-electron chi connectivity index (χ0n) is 12.7. The highest BCUT2D eigenvalue weighted by atomic mass is 35.5. The zero-order chi connectivity index (χ0) is 18.1. The van der Waals surface area contributed by atoms with Gasteiger partial charge in [-0.25, -0.2) is 9.78 Å². The Bertz CT molecular complexity index is 1080. The first-order valence-corrected chi connectivity index (χ1v) is 7.30. The highest BCUT2D eigenvalue weighted by molar-refractivity contribution is 6.33. The second kappa shape index (κ2) is 6.33. The number of hydrogen-bond donors (Lipinski definition) is 0. The van der Waals surface area contributed by atoms with Crippen molar-refractivity contribution in [3.63, 3.8) is 0 Å². The zero-order valence-corrected chi connectivity index (χ0v) is 13.4. The van der Waals surface area contributed by atoms with Crippen LogP contribution in [0, 0.1) is 10.1 Å². The van der Waals surface area contributed by atoms with Crippen LogP contribution in [0.25, 0.3) is 22.4 Å². The maximum absolute atomic E-state index is 12.2. The summed E-state index contributed by atoms with van der Waals surface area (Å²) in [5.74, 6) is -0.502. The number of hydrogen-bond acceptors (Lipinski definition) is 7. The highest BCUT2D eigenvalue weighted by Gasteiger charge is 2.16. The van der Waals surface area contributed by atoms with E-state index in [0.717, 1.165) is 0 Å². The smallest absolute Gasteiger partial charge is 0.347 e. The second-order valence-corrected chi connectivity index (χ2v) is 5.41. The fraction of sp³-hybridized carbons (Fsp3) is 0.0625. The van der Waals surface area contributed by atoms with Gasteiger partial charge in [-0.3, -0.25) is 14.9 Å². The molecule has 0 aliphatic carbocycles. The summed E-state index contributed by atoms with van der Waals surface area (Å²) in [5, 5.41) is 11.2. The molecule has 0 fully saturated rings. The molecule has 0 radical (unpaired) electrons. The van der Waals surface area contributed by atoms with Crippen LogP contribution in [-0.2, 0) is 4.79 Å². The molecule has 3 rings (SSSR count). The van der Waals surface area contributed by atoms with Crippen LogP contribution in [0.5, 0.6) is 5.75 Å². The Kier molecular flexibility index (Phi) is 4.20. The molecule has 1 aromatic heterocycles. The van der Waals surface area contributed by atoms with Gasteiger partial charge in [-0.15, -0.1) is 0 Å². The van der Waals surface area contributed by atoms with Gasteiger partial charge < -0.3 is 9.15 Å². The number of benzene rings is 2. The number of carbonyl (C=O) groups is 1. The normalized spacial score (nSPS) is 10.6. The van der Waals surface area contributed by atoms with Gasteiger partial charge in [-0.2, -0.15) is 0 Å². The first-order valence-electron chi connectivity index (χ1n) is 6.93. The van der Waals surface area contributed by atoms with E-state index in [-0.39, 0.29) is 38.8 Å². The lowest BCUT2D eigenvalue weighted by atomic mass is 10.2. The van der Waals surface area contributed by atoms with Gasteiger partial charge in [0, 0.05) is 19.1 Å². The first kappa shape index (κ1) is 16.6. The van der Waals surface area contributed by atoms with E-state index in [2.05, 4.69) is 4.98 Å². The molecular formula is C16H9ClN2O6. The van der Waals surface area contributed by atoms with Gasteiger partial charge in [0.05, 0.1) is 26.4 Å². The number of nitrogens with zero attached hydrogens (tertiary/aromatic N) is 2. The third-order valence-electron chi connectivity index (χ3n) is 3.25. The van der Waals surface area contributed by atoms with Crippen molar-refractivity contribution in [2.75, 3.05) is 0 Å². The molecule has 0 atom stereocenters. The molecule has 0 spiro atoms. The summed E-state index contributed by atoms with van der Waals surface area (Å²) in [5.41, 5.74) is -0.561. The molecule has 0 aliphatic heterocycles. The minimum Gasteiger partial charge on any atom is -0.427 e. The number of aromatic nitrogens is 1. The minimum absolute atomic E-state index is 0.101. The Morgan fingerprint density at radius 3 is 2.72 bits per heavy atom. The van der Waals surface area contributed by atoms with Crippen molar-refractivity contribution in [1.82, 2.24) is 4.98 Å². The lowest BCUT2D eigenvalue weighted by molar-refractivity contribution is -0.384. The van der Waals surface area contributed by atoms with Crippen molar-refractivity contribution in [3.8, 4) is 17.2 Å². The number of fused-ring (bicyclic) bond motifs is 1. The van der Waals surface area contributed by atoms with Crippen LogP contribution in [0.3, 0.4) is 0 Å². The quantitative estimate of drug-likeness (QED) is 0.304. The summed E-state index contributed by atoms with van der Waals surface area (Å²) in [6.45, 7) is 1.23. The van der Waals surface area contributed by atoms with E-state index in [4.69, 9.17) is 20.8 Å². The summed E-state index contributed by atoms with van der Waals surface area (Å²) in [6, 6.07) is 8.00. The van der Waals surface area contributed by atoms with Crippen molar-refractivity contribution in [2.45, 2.75) is 6.92 Å². The molecule has 0 unspecified atom stereocenters. The van der Waals surface area contributed by atoms with Gasteiger partial charge in [0.15, 0.2) is 0 Å². The Hall–Kier alpha value is -3.26. The molecular weight excluding hydrogens is 352 g/mol. The van der Waals surface area contributed by atoms with E-state index >= 15 is 0 Å². The molecule has 1 heterocycles. The molecule has 0 saturated carbocycles. The van der Waals surface area contributed by atoms with E-state index in [1.54, 1.807) is 0 Å². The topological polar surface area (TPSA) is 113 Å². The standard InChI is InChI=1S/C16H9ClN2O6/c1-8(20)24-10-3-5-14-12(7-10)16(21)25-15(18-14)11-6-9(19(22)23)2-4-13(11)17/h2-7H,1H3. The highest BCUT2D eigenvalue weighted by Crippen LogP contribution is 2.30. The molecule has 3 aromatic rings. The summed E-state index contributed by atoms with van der Waals surface area (Å²) in [4.78, 5) is 37.7. The van der Waals surface area contributed by atoms with E-state index < -0.39 is 16.5 Å². The van der Waals surface area contributed by atoms with Gasteiger partial charge in [0.2, 0.25) is 5.89 Å². The van der Waals surface area contributed by atoms with Crippen LogP contribution in [0.1, 0.15) is 6.92 Å². The Morgan fingerprint density at radius 2 is 2.04 bits per heavy atom. The number of nitro benzene ring substituents is 1. The van der Waals surface area contributed by atoms with Gasteiger partial charge in [0.25, 0.3) is 5.69 Å². The monoisotopic (exact) mass is 360 g/mol.